The van der Waals surface area contributed by atoms with E-state index in [4.69, 9.17) is 4.98 Å². The molecule has 0 atom stereocenters. The molecule has 0 unspecified atom stereocenters. The molecule has 1 N–H and O–H groups in total. The molecular weight excluding hydrogens is 334 g/mol. The molecule has 1 aromatic carbocycles. The monoisotopic (exact) mass is 365 g/mol. The minimum Gasteiger partial charge on any atom is -0.387 e. The van der Waals surface area contributed by atoms with Gasteiger partial charge in [-0.2, -0.15) is 5.10 Å². The molecule has 5 nitrogen and oxygen atoms in total. The second kappa shape index (κ2) is 8.53. The highest BCUT2D eigenvalue weighted by atomic mass is 15.3. The maximum absolute atomic E-state index is 4.95. The van der Waals surface area contributed by atoms with Crippen molar-refractivity contribution in [2.45, 2.75) is 46.2 Å². The fraction of sp³-hybridized carbons (Fsp3) is 0.455. The van der Waals surface area contributed by atoms with Crippen LogP contribution in [0.3, 0.4) is 0 Å². The van der Waals surface area contributed by atoms with Crippen LogP contribution in [-0.4, -0.2) is 40.3 Å². The lowest BCUT2D eigenvalue weighted by Gasteiger charge is -2.17. The van der Waals surface area contributed by atoms with Crippen LogP contribution in [0.25, 0.3) is 22.3 Å². The number of benzene rings is 1. The highest BCUT2D eigenvalue weighted by molar-refractivity contribution is 5.91. The van der Waals surface area contributed by atoms with Crippen LogP contribution in [0.15, 0.2) is 36.5 Å². The zero-order chi connectivity index (χ0) is 19.4. The quantitative estimate of drug-likeness (QED) is 0.613. The maximum Gasteiger partial charge on any atom is 0.160 e. The molecule has 3 rings (SSSR count). The predicted molar refractivity (Wildman–Crippen MR) is 114 cm³/mol. The highest BCUT2D eigenvalue weighted by Crippen LogP contribution is 2.29. The Morgan fingerprint density at radius 2 is 2.04 bits per heavy atom. The lowest BCUT2D eigenvalue weighted by atomic mass is 10.1. The Labute approximate surface area is 162 Å². The first-order valence-electron chi connectivity index (χ1n) is 9.87. The molecule has 0 fully saturated rings. The smallest absolute Gasteiger partial charge is 0.160 e. The van der Waals surface area contributed by atoms with Gasteiger partial charge in [0.25, 0.3) is 0 Å². The second-order valence-corrected chi connectivity index (χ2v) is 7.52. The number of nitrogens with one attached hydrogen (secondary N) is 1. The summed E-state index contributed by atoms with van der Waals surface area (Å²) in [5.74, 6) is 0. The summed E-state index contributed by atoms with van der Waals surface area (Å²) >= 11 is 0. The van der Waals surface area contributed by atoms with Gasteiger partial charge in [0.1, 0.15) is 0 Å². The summed E-state index contributed by atoms with van der Waals surface area (Å²) in [7, 11) is 4.14. The van der Waals surface area contributed by atoms with E-state index < -0.39 is 0 Å². The molecule has 0 radical (unpaired) electrons. The van der Waals surface area contributed by atoms with Gasteiger partial charge in [-0.1, -0.05) is 31.5 Å². The average molecular weight is 366 g/mol. The molecule has 0 saturated heterocycles. The summed E-state index contributed by atoms with van der Waals surface area (Å²) in [6, 6.07) is 11.1. The zero-order valence-corrected chi connectivity index (χ0v) is 17.2. The normalized spacial score (nSPS) is 11.7. The number of hydrogen-bond donors (Lipinski definition) is 1. The zero-order valence-electron chi connectivity index (χ0n) is 17.2. The summed E-state index contributed by atoms with van der Waals surface area (Å²) in [6.07, 6.45) is 4.36. The summed E-state index contributed by atoms with van der Waals surface area (Å²) in [4.78, 5) is 7.33. The van der Waals surface area contributed by atoms with Gasteiger partial charge in [-0.15, -0.1) is 0 Å². The SMILES string of the molecule is CCCCN(C)Cc1cccc(-c2cc(NC)c3cnn(C(C)C)c3n2)c1. The van der Waals surface area contributed by atoms with Crippen LogP contribution >= 0.6 is 0 Å². The summed E-state index contributed by atoms with van der Waals surface area (Å²) in [5, 5.41) is 8.89. The van der Waals surface area contributed by atoms with Gasteiger partial charge in [0, 0.05) is 30.9 Å². The number of aromatic nitrogens is 3. The Kier molecular flexibility index (Phi) is 6.11. The lowest BCUT2D eigenvalue weighted by Crippen LogP contribution is -2.18. The van der Waals surface area contributed by atoms with Gasteiger partial charge >= 0.3 is 0 Å². The van der Waals surface area contributed by atoms with Crippen molar-refractivity contribution < 1.29 is 0 Å². The standard InChI is InChI=1S/C22H31N5/c1-6-7-11-26(5)15-17-9-8-10-18(12-17)20-13-21(23-4)19-14-24-27(16(2)3)22(19)25-20/h8-10,12-14,16H,6-7,11,15H2,1-5H3,(H,23,25). The first-order chi connectivity index (χ1) is 13.0. The molecule has 0 bridgehead atoms. The third-order valence-corrected chi connectivity index (χ3v) is 4.89. The topological polar surface area (TPSA) is 46.0 Å². The van der Waals surface area contributed by atoms with Crippen molar-refractivity contribution in [3.05, 3.63) is 42.1 Å². The fourth-order valence-electron chi connectivity index (χ4n) is 3.40. The first-order valence-corrected chi connectivity index (χ1v) is 9.87. The molecule has 0 aliphatic carbocycles. The van der Waals surface area contributed by atoms with Crippen molar-refractivity contribution >= 4 is 16.7 Å². The van der Waals surface area contributed by atoms with Gasteiger partial charge in [-0.3, -0.25) is 0 Å². The highest BCUT2D eigenvalue weighted by Gasteiger charge is 2.14. The van der Waals surface area contributed by atoms with Crippen LogP contribution in [0.1, 0.15) is 45.2 Å². The maximum atomic E-state index is 4.95. The number of hydrogen-bond acceptors (Lipinski definition) is 4. The fourth-order valence-corrected chi connectivity index (χ4v) is 3.40. The van der Waals surface area contributed by atoms with Gasteiger partial charge in [0.2, 0.25) is 0 Å². The van der Waals surface area contributed by atoms with Crippen LogP contribution in [0.2, 0.25) is 0 Å². The number of unbranched alkanes of at least 4 members (excludes halogenated alkanes) is 1. The molecule has 0 spiro atoms. The van der Waals surface area contributed by atoms with Crippen LogP contribution in [-0.2, 0) is 6.54 Å². The van der Waals surface area contributed by atoms with E-state index in [1.165, 1.54) is 18.4 Å². The lowest BCUT2D eigenvalue weighted by molar-refractivity contribution is 0.321. The molecular formula is C22H31N5. The average Bonchev–Trinajstić information content (AvgIpc) is 3.10. The molecule has 0 saturated carbocycles. The molecule has 5 heteroatoms. The van der Waals surface area contributed by atoms with E-state index in [0.717, 1.165) is 41.1 Å². The molecule has 0 aliphatic heterocycles. The van der Waals surface area contributed by atoms with Gasteiger partial charge in [-0.25, -0.2) is 9.67 Å². The summed E-state index contributed by atoms with van der Waals surface area (Å²) in [5.41, 5.74) is 5.43. The van der Waals surface area contributed by atoms with Crippen LogP contribution < -0.4 is 5.32 Å². The first kappa shape index (κ1) is 19.4. The van der Waals surface area contributed by atoms with E-state index in [1.54, 1.807) is 0 Å². The minimum atomic E-state index is 0.272. The molecule has 2 aromatic heterocycles. The van der Waals surface area contributed by atoms with E-state index in [-0.39, 0.29) is 6.04 Å². The van der Waals surface area contributed by atoms with Crippen molar-refractivity contribution in [2.75, 3.05) is 26.0 Å². The predicted octanol–water partition coefficient (Wildman–Crippen LogP) is 4.95. The Bertz CT molecular complexity index is 897. The van der Waals surface area contributed by atoms with Gasteiger partial charge in [-0.05, 0) is 51.6 Å². The Balaban J connectivity index is 1.97. The molecule has 2 heterocycles. The van der Waals surface area contributed by atoms with Crippen LogP contribution in [0, 0.1) is 0 Å². The van der Waals surface area contributed by atoms with Crippen LogP contribution in [0.4, 0.5) is 5.69 Å². The molecule has 0 aliphatic rings. The molecule has 3 aromatic rings. The number of pyridine rings is 1. The van der Waals surface area contributed by atoms with Crippen molar-refractivity contribution in [3.63, 3.8) is 0 Å². The largest absolute Gasteiger partial charge is 0.387 e. The summed E-state index contributed by atoms with van der Waals surface area (Å²) < 4.78 is 1.99. The van der Waals surface area contributed by atoms with Crippen LogP contribution in [0.5, 0.6) is 0 Å². The van der Waals surface area contributed by atoms with E-state index >= 15 is 0 Å². The van der Waals surface area contributed by atoms with Gasteiger partial charge < -0.3 is 10.2 Å². The van der Waals surface area contributed by atoms with Gasteiger partial charge in [0.05, 0.1) is 17.3 Å². The van der Waals surface area contributed by atoms with E-state index in [1.807, 2.05) is 17.9 Å². The number of fused-ring (bicyclic) bond motifs is 1. The van der Waals surface area contributed by atoms with Crippen molar-refractivity contribution in [2.24, 2.45) is 0 Å². The third kappa shape index (κ3) is 4.30. The van der Waals surface area contributed by atoms with Crippen molar-refractivity contribution in [1.82, 2.24) is 19.7 Å². The molecule has 27 heavy (non-hydrogen) atoms. The van der Waals surface area contributed by atoms with E-state index in [2.05, 4.69) is 73.5 Å². The summed E-state index contributed by atoms with van der Waals surface area (Å²) in [6.45, 7) is 8.58. The number of rotatable bonds is 8. The van der Waals surface area contributed by atoms with Gasteiger partial charge in [0.15, 0.2) is 5.65 Å². The molecule has 0 amide bonds. The van der Waals surface area contributed by atoms with E-state index in [0.29, 0.717) is 0 Å². The minimum absolute atomic E-state index is 0.272. The van der Waals surface area contributed by atoms with Crippen molar-refractivity contribution in [1.29, 1.82) is 0 Å². The van der Waals surface area contributed by atoms with Crippen molar-refractivity contribution in [3.8, 4) is 11.3 Å². The number of anilines is 1. The second-order valence-electron chi connectivity index (χ2n) is 7.52. The van der Waals surface area contributed by atoms with E-state index in [9.17, 15) is 0 Å². The third-order valence-electron chi connectivity index (χ3n) is 4.89. The molecule has 144 valence electrons. The Hall–Kier alpha value is -2.40. The Morgan fingerprint density at radius 3 is 2.74 bits per heavy atom. The Morgan fingerprint density at radius 1 is 1.22 bits per heavy atom. The number of nitrogens with zero attached hydrogens (tertiary/aromatic N) is 4.